The van der Waals surface area contributed by atoms with Gasteiger partial charge in [-0.05, 0) is 55.7 Å². The first kappa shape index (κ1) is 12.8. The Hall–Kier alpha value is -0.250. The fraction of sp³-hybridized carbons (Fsp3) is 0.538. The summed E-state index contributed by atoms with van der Waals surface area (Å²) >= 11 is 2.41. The van der Waals surface area contributed by atoms with Crippen molar-refractivity contribution >= 4 is 22.6 Å². The van der Waals surface area contributed by atoms with Crippen LogP contribution in [0.1, 0.15) is 32.8 Å². The van der Waals surface area contributed by atoms with Crippen LogP contribution in [0, 0.1) is 0 Å². The van der Waals surface area contributed by atoms with E-state index in [4.69, 9.17) is 4.74 Å². The molecule has 0 spiro atoms. The van der Waals surface area contributed by atoms with E-state index in [1.165, 1.54) is 16.4 Å². The Morgan fingerprint density at radius 1 is 1.27 bits per heavy atom. The lowest BCUT2D eigenvalue weighted by atomic mass is 10.1. The first-order chi connectivity index (χ1) is 7.01. The zero-order chi connectivity index (χ0) is 11.3. The van der Waals surface area contributed by atoms with Crippen molar-refractivity contribution in [3.63, 3.8) is 0 Å². The van der Waals surface area contributed by atoms with Crippen LogP contribution in [-0.4, -0.2) is 10.0 Å². The number of rotatable bonds is 4. The zero-order valence-electron chi connectivity index (χ0n) is 9.72. The molecule has 0 amide bonds. The summed E-state index contributed by atoms with van der Waals surface area (Å²) in [6.07, 6.45) is 2.38. The Morgan fingerprint density at radius 2 is 2.00 bits per heavy atom. The van der Waals surface area contributed by atoms with Crippen LogP contribution in [0.4, 0.5) is 0 Å². The Morgan fingerprint density at radius 3 is 2.60 bits per heavy atom. The molecule has 0 radical (unpaired) electrons. The van der Waals surface area contributed by atoms with E-state index in [0.717, 1.165) is 12.2 Å². The van der Waals surface area contributed by atoms with Gasteiger partial charge in [-0.15, -0.1) is 0 Å². The number of hydrogen-bond donors (Lipinski definition) is 0. The van der Waals surface area contributed by atoms with Gasteiger partial charge in [-0.2, -0.15) is 0 Å². The van der Waals surface area contributed by atoms with Crippen LogP contribution in [0.25, 0.3) is 0 Å². The molecule has 2 heteroatoms. The lowest BCUT2D eigenvalue weighted by Gasteiger charge is -2.21. The normalized spacial score (nSPS) is 11.5. The van der Waals surface area contributed by atoms with E-state index in [1.54, 1.807) is 0 Å². The van der Waals surface area contributed by atoms with Crippen molar-refractivity contribution in [1.29, 1.82) is 0 Å². The maximum Gasteiger partial charge on any atom is 0.120 e. The van der Waals surface area contributed by atoms with Crippen LogP contribution in [0.15, 0.2) is 24.3 Å². The third-order valence-electron chi connectivity index (χ3n) is 1.92. The number of ether oxygens (including phenoxy) is 1. The summed E-state index contributed by atoms with van der Waals surface area (Å²) in [6, 6.07) is 8.42. The van der Waals surface area contributed by atoms with Crippen LogP contribution < -0.4 is 4.74 Å². The highest BCUT2D eigenvalue weighted by Crippen LogP contribution is 2.20. The van der Waals surface area contributed by atoms with E-state index >= 15 is 0 Å². The highest BCUT2D eigenvalue weighted by Gasteiger charge is 2.11. The lowest BCUT2D eigenvalue weighted by Crippen LogP contribution is -2.22. The average molecular weight is 318 g/mol. The van der Waals surface area contributed by atoms with Gasteiger partial charge in [-0.25, -0.2) is 0 Å². The quantitative estimate of drug-likeness (QED) is 0.596. The standard InChI is InChI=1S/C13H19IO/c1-13(2,3)15-12-8-4-6-11(10-12)7-5-9-14/h4,6,8,10H,5,7,9H2,1-3H3. The first-order valence-electron chi connectivity index (χ1n) is 5.35. The SMILES string of the molecule is CC(C)(C)Oc1cccc(CCCI)c1. The smallest absolute Gasteiger partial charge is 0.120 e. The van der Waals surface area contributed by atoms with Gasteiger partial charge in [-0.1, -0.05) is 34.7 Å². The highest BCUT2D eigenvalue weighted by molar-refractivity contribution is 14.1. The molecule has 0 aliphatic heterocycles. The number of hydrogen-bond acceptors (Lipinski definition) is 1. The second-order valence-corrected chi connectivity index (χ2v) is 5.73. The van der Waals surface area contributed by atoms with Crippen molar-refractivity contribution in [3.8, 4) is 5.75 Å². The van der Waals surface area contributed by atoms with E-state index in [9.17, 15) is 0 Å². The van der Waals surface area contributed by atoms with Crippen LogP contribution in [0.2, 0.25) is 0 Å². The minimum Gasteiger partial charge on any atom is -0.488 e. The first-order valence-corrected chi connectivity index (χ1v) is 6.88. The molecule has 15 heavy (non-hydrogen) atoms. The molecule has 84 valence electrons. The molecular formula is C13H19IO. The largest absolute Gasteiger partial charge is 0.488 e. The number of aryl methyl sites for hydroxylation is 1. The third kappa shape index (κ3) is 5.40. The second-order valence-electron chi connectivity index (χ2n) is 4.65. The van der Waals surface area contributed by atoms with Crippen LogP contribution >= 0.6 is 22.6 Å². The van der Waals surface area contributed by atoms with Gasteiger partial charge in [0.1, 0.15) is 11.4 Å². The molecule has 0 saturated carbocycles. The second kappa shape index (κ2) is 5.73. The van der Waals surface area contributed by atoms with Crippen molar-refractivity contribution in [2.24, 2.45) is 0 Å². The minimum atomic E-state index is -0.109. The van der Waals surface area contributed by atoms with Gasteiger partial charge in [0.25, 0.3) is 0 Å². The summed E-state index contributed by atoms with van der Waals surface area (Å²) in [5.41, 5.74) is 1.26. The molecule has 1 aromatic carbocycles. The van der Waals surface area contributed by atoms with E-state index in [-0.39, 0.29) is 5.60 Å². The van der Waals surface area contributed by atoms with Gasteiger partial charge in [0, 0.05) is 0 Å². The molecule has 0 unspecified atom stereocenters. The third-order valence-corrected chi connectivity index (χ3v) is 2.68. The number of alkyl halides is 1. The van der Waals surface area contributed by atoms with E-state index in [0.29, 0.717) is 0 Å². The molecule has 0 aromatic heterocycles. The van der Waals surface area contributed by atoms with E-state index in [1.807, 2.05) is 6.07 Å². The fourth-order valence-electron chi connectivity index (χ4n) is 1.39. The Bertz CT molecular complexity index is 302. The molecule has 0 fully saturated rings. The predicted molar refractivity (Wildman–Crippen MR) is 74.0 cm³/mol. The maximum absolute atomic E-state index is 5.82. The Labute approximate surface area is 106 Å². The average Bonchev–Trinajstić information content (AvgIpc) is 2.12. The number of benzene rings is 1. The summed E-state index contributed by atoms with van der Waals surface area (Å²) in [5, 5.41) is 0. The van der Waals surface area contributed by atoms with Crippen molar-refractivity contribution in [1.82, 2.24) is 0 Å². The Balaban J connectivity index is 2.66. The zero-order valence-corrected chi connectivity index (χ0v) is 11.9. The van der Waals surface area contributed by atoms with E-state index < -0.39 is 0 Å². The molecule has 0 N–H and O–H groups in total. The van der Waals surface area contributed by atoms with Crippen LogP contribution in [0.5, 0.6) is 5.75 Å². The van der Waals surface area contributed by atoms with Gasteiger partial charge >= 0.3 is 0 Å². The van der Waals surface area contributed by atoms with Crippen LogP contribution in [0.3, 0.4) is 0 Å². The van der Waals surface area contributed by atoms with Crippen molar-refractivity contribution in [2.75, 3.05) is 4.43 Å². The summed E-state index contributed by atoms with van der Waals surface area (Å²) < 4.78 is 7.03. The van der Waals surface area contributed by atoms with Gasteiger partial charge in [0.15, 0.2) is 0 Å². The van der Waals surface area contributed by atoms with Crippen molar-refractivity contribution in [3.05, 3.63) is 29.8 Å². The molecule has 1 nitrogen and oxygen atoms in total. The van der Waals surface area contributed by atoms with Gasteiger partial charge in [0.2, 0.25) is 0 Å². The molecule has 1 rings (SSSR count). The predicted octanol–water partition coefficient (Wildman–Crippen LogP) is 4.23. The van der Waals surface area contributed by atoms with Crippen LogP contribution in [-0.2, 0) is 6.42 Å². The summed E-state index contributed by atoms with van der Waals surface area (Å²) in [5.74, 6) is 0.980. The monoisotopic (exact) mass is 318 g/mol. The highest BCUT2D eigenvalue weighted by atomic mass is 127. The van der Waals surface area contributed by atoms with Crippen molar-refractivity contribution < 1.29 is 4.74 Å². The maximum atomic E-state index is 5.82. The lowest BCUT2D eigenvalue weighted by molar-refractivity contribution is 0.131. The molecular weight excluding hydrogens is 299 g/mol. The summed E-state index contributed by atoms with van der Waals surface area (Å²) in [4.78, 5) is 0. The molecule has 0 atom stereocenters. The van der Waals surface area contributed by atoms with Gasteiger partial charge in [0.05, 0.1) is 0 Å². The Kier molecular flexibility index (Phi) is 4.90. The molecule has 0 heterocycles. The number of halogens is 1. The summed E-state index contributed by atoms with van der Waals surface area (Å²) in [6.45, 7) is 6.22. The van der Waals surface area contributed by atoms with Gasteiger partial charge < -0.3 is 4.74 Å². The van der Waals surface area contributed by atoms with E-state index in [2.05, 4.69) is 61.6 Å². The fourth-order valence-corrected chi connectivity index (χ4v) is 1.77. The van der Waals surface area contributed by atoms with Crippen molar-refractivity contribution in [2.45, 2.75) is 39.2 Å². The molecule has 0 aliphatic rings. The molecule has 0 saturated heterocycles. The van der Waals surface area contributed by atoms with Gasteiger partial charge in [-0.3, -0.25) is 0 Å². The molecule has 0 bridgehead atoms. The minimum absolute atomic E-state index is 0.109. The summed E-state index contributed by atoms with van der Waals surface area (Å²) in [7, 11) is 0. The topological polar surface area (TPSA) is 9.23 Å². The molecule has 1 aromatic rings. The molecule has 0 aliphatic carbocycles.